The average Bonchev–Trinajstić information content (AvgIpc) is 3.56. The summed E-state index contributed by atoms with van der Waals surface area (Å²) in [6.07, 6.45) is 18.3. The van der Waals surface area contributed by atoms with Crippen LogP contribution in [0.15, 0.2) is 145 Å². The molecular formula is C66H82N4O11. The van der Waals surface area contributed by atoms with E-state index in [2.05, 4.69) is 43.1 Å². The second-order valence-corrected chi connectivity index (χ2v) is 21.8. The normalized spacial score (nSPS) is 20.3. The van der Waals surface area contributed by atoms with Crippen LogP contribution in [0.5, 0.6) is 11.5 Å². The van der Waals surface area contributed by atoms with E-state index in [0.29, 0.717) is 54.9 Å². The van der Waals surface area contributed by atoms with Crippen molar-refractivity contribution in [1.29, 1.82) is 0 Å². The Morgan fingerprint density at radius 3 is 2.26 bits per heavy atom. The first-order valence-electron chi connectivity index (χ1n) is 29.5. The van der Waals surface area contributed by atoms with Gasteiger partial charge in [-0.2, -0.15) is 0 Å². The van der Waals surface area contributed by atoms with Crippen LogP contribution in [-0.2, 0) is 34.0 Å². The summed E-state index contributed by atoms with van der Waals surface area (Å²) in [6.45, 7) is 7.08. The number of fused-ring (bicyclic) bond motifs is 3. The monoisotopic (exact) mass is 1110 g/mol. The van der Waals surface area contributed by atoms with Gasteiger partial charge in [-0.1, -0.05) is 168 Å². The Kier molecular flexibility index (Phi) is 22.7. The molecule has 15 nitrogen and oxygen atoms in total. The molecule has 1 heterocycles. The van der Waals surface area contributed by atoms with Crippen LogP contribution in [0.25, 0.3) is 10.8 Å². The molecule has 0 spiro atoms. The van der Waals surface area contributed by atoms with Gasteiger partial charge < -0.3 is 39.3 Å². The van der Waals surface area contributed by atoms with E-state index in [1.165, 1.54) is 50.7 Å². The highest BCUT2D eigenvalue weighted by Crippen LogP contribution is 2.62. The molecule has 432 valence electrons. The number of carbonyl (C=O) groups is 2. The summed E-state index contributed by atoms with van der Waals surface area (Å²) in [5.41, 5.74) is 4.62. The number of hydrogen-bond donors (Lipinski definition) is 3. The van der Waals surface area contributed by atoms with Gasteiger partial charge in [-0.15, -0.1) is 6.58 Å². The minimum atomic E-state index is -1.60. The molecule has 5 aromatic carbocycles. The van der Waals surface area contributed by atoms with Gasteiger partial charge in [-0.3, -0.25) is 15.0 Å². The van der Waals surface area contributed by atoms with Crippen molar-refractivity contribution in [3.63, 3.8) is 0 Å². The van der Waals surface area contributed by atoms with Crippen molar-refractivity contribution >= 4 is 34.4 Å². The van der Waals surface area contributed by atoms with Crippen LogP contribution in [0.4, 0.5) is 15.3 Å². The van der Waals surface area contributed by atoms with Crippen molar-refractivity contribution in [3.8, 4) is 11.5 Å². The molecule has 5 aromatic rings. The number of ether oxygens (including phenoxy) is 4. The van der Waals surface area contributed by atoms with Crippen molar-refractivity contribution in [2.75, 3.05) is 26.4 Å². The zero-order valence-corrected chi connectivity index (χ0v) is 47.1. The fraction of sp³-hybridized carbons (Fsp3) is 0.470. The number of benzene rings is 5. The summed E-state index contributed by atoms with van der Waals surface area (Å²) in [5.74, 6) is -2.02. The molecule has 15 heteroatoms. The summed E-state index contributed by atoms with van der Waals surface area (Å²) in [6, 6.07) is 34.4. The van der Waals surface area contributed by atoms with Crippen LogP contribution in [0.1, 0.15) is 144 Å². The zero-order chi connectivity index (χ0) is 56.8. The van der Waals surface area contributed by atoms with Crippen LogP contribution in [0.3, 0.4) is 0 Å². The quantitative estimate of drug-likeness (QED) is 0.0161. The van der Waals surface area contributed by atoms with E-state index < -0.39 is 40.8 Å². The smallest absolute Gasteiger partial charge is 0.412 e. The second kappa shape index (κ2) is 30.7. The van der Waals surface area contributed by atoms with Gasteiger partial charge in [0.05, 0.1) is 36.3 Å². The van der Waals surface area contributed by atoms with E-state index in [0.717, 1.165) is 65.1 Å². The molecule has 81 heavy (non-hydrogen) atoms. The number of aliphatic hydroxyl groups excluding tert-OH is 2. The van der Waals surface area contributed by atoms with Gasteiger partial charge in [0, 0.05) is 49.8 Å². The lowest BCUT2D eigenvalue weighted by atomic mass is 9.55. The number of rotatable bonds is 32. The maximum absolute atomic E-state index is 15.5. The van der Waals surface area contributed by atoms with E-state index in [1.807, 2.05) is 66.7 Å². The fourth-order valence-electron chi connectivity index (χ4n) is 12.3. The van der Waals surface area contributed by atoms with Crippen LogP contribution >= 0.6 is 0 Å². The van der Waals surface area contributed by atoms with Crippen LogP contribution in [0, 0.1) is 27.9 Å². The molecule has 1 aliphatic heterocycles. The first-order chi connectivity index (χ1) is 39.7. The Hall–Kier alpha value is -7.07. The van der Waals surface area contributed by atoms with E-state index >= 15 is 4.79 Å². The number of unbranched alkanes of at least 4 members (excludes halogenated alkanes) is 11. The summed E-state index contributed by atoms with van der Waals surface area (Å²) in [7, 11) is 0. The highest BCUT2D eigenvalue weighted by Gasteiger charge is 2.66. The molecule has 0 bridgehead atoms. The Bertz CT molecular complexity index is 2890. The second-order valence-electron chi connectivity index (χ2n) is 21.8. The van der Waals surface area contributed by atoms with Crippen molar-refractivity contribution in [1.82, 2.24) is 10.2 Å². The molecule has 8 rings (SSSR count). The number of aliphatic hydroxyl groups is 2. The molecule has 6 atom stereocenters. The van der Waals surface area contributed by atoms with Gasteiger partial charge in [0.15, 0.2) is 0 Å². The highest BCUT2D eigenvalue weighted by molar-refractivity contribution is 6.03. The lowest BCUT2D eigenvalue weighted by Gasteiger charge is -2.59. The number of hydrogen-bond acceptors (Lipinski definition) is 12. The Morgan fingerprint density at radius 2 is 1.53 bits per heavy atom. The van der Waals surface area contributed by atoms with Gasteiger partial charge in [0.1, 0.15) is 24.1 Å². The number of nitro benzene ring substituents is 1. The first-order valence-corrected chi connectivity index (χ1v) is 29.5. The zero-order valence-electron chi connectivity index (χ0n) is 47.1. The maximum Gasteiger partial charge on any atom is 0.412 e. The van der Waals surface area contributed by atoms with Crippen LogP contribution in [-0.4, -0.2) is 76.2 Å². The number of nitrogens with zero attached hydrogens (tertiary/aromatic N) is 3. The number of nitro groups is 1. The van der Waals surface area contributed by atoms with E-state index in [1.54, 1.807) is 29.2 Å². The summed E-state index contributed by atoms with van der Waals surface area (Å²) in [5, 5.41) is 41.7. The molecule has 2 aliphatic carbocycles. The number of oxime groups is 1. The van der Waals surface area contributed by atoms with Gasteiger partial charge in [-0.25, -0.2) is 9.59 Å². The number of allylic oxidation sites excluding steroid dienone is 1. The van der Waals surface area contributed by atoms with E-state index in [4.69, 9.17) is 28.9 Å². The third-order valence-corrected chi connectivity index (χ3v) is 16.2. The SMILES string of the molecule is C=CCO[C@@]12Oc3ccc(OC(=O)NCc4ccccc4)cc3[C@H]3[C@H](CCCCO)[C@@H](CCCCO)C=C(C(=NOCc4ccc([N+](=O)[O-])cc4)C[C@@H]1N(Cc1cccc4ccccc14)C(=O)OCCCCCCCCCCCC)[C@H]32. The Morgan fingerprint density at radius 1 is 0.827 bits per heavy atom. The number of amides is 2. The minimum Gasteiger partial charge on any atom is -0.459 e. The third kappa shape index (κ3) is 15.7. The number of carbonyl (C=O) groups excluding carboxylic acids is 2. The van der Waals surface area contributed by atoms with Crippen molar-refractivity contribution in [3.05, 3.63) is 172 Å². The molecule has 0 aromatic heterocycles. The fourth-order valence-corrected chi connectivity index (χ4v) is 12.3. The summed E-state index contributed by atoms with van der Waals surface area (Å²) >= 11 is 0. The summed E-state index contributed by atoms with van der Waals surface area (Å²) in [4.78, 5) is 48.2. The van der Waals surface area contributed by atoms with Gasteiger partial charge >= 0.3 is 12.2 Å². The maximum atomic E-state index is 15.5. The Labute approximate surface area is 477 Å². The van der Waals surface area contributed by atoms with E-state index in [9.17, 15) is 25.1 Å². The largest absolute Gasteiger partial charge is 0.459 e. The van der Waals surface area contributed by atoms with Crippen molar-refractivity contribution < 1.29 is 48.5 Å². The topological polar surface area (TPSA) is 192 Å². The lowest BCUT2D eigenvalue weighted by molar-refractivity contribution is -0.384. The predicted octanol–water partition coefficient (Wildman–Crippen LogP) is 14.4. The number of non-ortho nitro benzene ring substituents is 1. The standard InChI is InChI=1S/C66H82N4O11/c1-3-5-6-7-8-9-10-11-12-22-41-77-65(74)69(46-52-29-23-28-50-26-16-17-30-55(50)52)61-44-59(68-79-47-49-32-34-53(35-33-49)70(75)76)57-42-51(27-18-20-38-71)56(31-19-21-39-72)62-58-43-54(80-64(73)67-45-48-24-14-13-15-25-48)36-37-60(58)81-66(61,63(57)62)78-40-4-2/h4,13-17,23-26,28-30,32-37,42-43,51,56,61-63,71-72H,2-3,5-12,18-22,27,31,38-41,44-47H2,1H3,(H,67,73)/t51-,56+,61-,62+,63+,66+/m0/s1. The van der Waals surface area contributed by atoms with Gasteiger partial charge in [-0.05, 0) is 107 Å². The summed E-state index contributed by atoms with van der Waals surface area (Å²) < 4.78 is 27.2. The number of nitrogens with one attached hydrogen (secondary N) is 1. The van der Waals surface area contributed by atoms with Crippen molar-refractivity contribution in [2.45, 2.75) is 154 Å². The van der Waals surface area contributed by atoms with Crippen LogP contribution < -0.4 is 14.8 Å². The molecule has 2 amide bonds. The molecule has 0 radical (unpaired) electrons. The third-order valence-electron chi connectivity index (χ3n) is 16.2. The first kappa shape index (κ1) is 60.0. The van der Waals surface area contributed by atoms with Crippen molar-refractivity contribution in [2.24, 2.45) is 22.9 Å². The molecule has 0 unspecified atom stereocenters. The van der Waals surface area contributed by atoms with E-state index in [-0.39, 0.29) is 70.1 Å². The molecule has 3 aliphatic rings. The Balaban J connectivity index is 1.24. The van der Waals surface area contributed by atoms with Gasteiger partial charge in [0.25, 0.3) is 5.69 Å². The molecule has 1 fully saturated rings. The molecule has 3 N–H and O–H groups in total. The molecule has 0 saturated heterocycles. The van der Waals surface area contributed by atoms with Gasteiger partial charge in [0.2, 0.25) is 5.79 Å². The average molecular weight is 1110 g/mol. The molecule has 1 saturated carbocycles. The lowest BCUT2D eigenvalue weighted by Crippen LogP contribution is -2.70. The van der Waals surface area contributed by atoms with Crippen LogP contribution in [0.2, 0.25) is 0 Å². The highest BCUT2D eigenvalue weighted by atomic mass is 16.7. The molecular weight excluding hydrogens is 1020 g/mol. The minimum absolute atomic E-state index is 0.00232. The predicted molar refractivity (Wildman–Crippen MR) is 315 cm³/mol.